The van der Waals surface area contributed by atoms with Crippen molar-refractivity contribution >= 4 is 0 Å². The number of nitrogens with two attached hydrogens (primary N) is 1. The van der Waals surface area contributed by atoms with Gasteiger partial charge in [-0.15, -0.1) is 0 Å². The van der Waals surface area contributed by atoms with E-state index in [0.717, 1.165) is 13.0 Å². The van der Waals surface area contributed by atoms with Crippen molar-refractivity contribution in [1.82, 2.24) is 9.55 Å². The molecule has 1 aromatic heterocycles. The highest BCUT2D eigenvalue weighted by molar-refractivity contribution is 5.15. The number of aryl methyl sites for hydroxylation is 1. The quantitative estimate of drug-likeness (QED) is 0.838. The number of hydrogen-bond acceptors (Lipinski definition) is 2. The molecule has 3 heteroatoms. The molecule has 0 saturated heterocycles. The fourth-order valence-electron chi connectivity index (χ4n) is 2.18. The summed E-state index contributed by atoms with van der Waals surface area (Å²) in [5, 5.41) is 0. The monoisotopic (exact) mass is 217 g/mol. The Bertz CT molecular complexity index is 365. The van der Waals surface area contributed by atoms with E-state index in [9.17, 15) is 0 Å². The molecule has 16 heavy (non-hydrogen) atoms. The van der Waals surface area contributed by atoms with Crippen LogP contribution in [0.5, 0.6) is 0 Å². The van der Waals surface area contributed by atoms with Crippen molar-refractivity contribution in [2.75, 3.05) is 0 Å². The zero-order chi connectivity index (χ0) is 11.4. The molecule has 1 aliphatic carbocycles. The van der Waals surface area contributed by atoms with Crippen molar-refractivity contribution in [3.8, 4) is 0 Å². The largest absolute Gasteiger partial charge is 0.337 e. The summed E-state index contributed by atoms with van der Waals surface area (Å²) in [7, 11) is 0. The van der Waals surface area contributed by atoms with Gasteiger partial charge in [-0.05, 0) is 18.3 Å². The van der Waals surface area contributed by atoms with Gasteiger partial charge < -0.3 is 10.3 Å². The third-order valence-electron chi connectivity index (χ3n) is 3.24. The van der Waals surface area contributed by atoms with Crippen LogP contribution in [0.15, 0.2) is 43.0 Å². The highest BCUT2D eigenvalue weighted by Gasteiger charge is 2.20. The van der Waals surface area contributed by atoms with E-state index in [1.54, 1.807) is 6.20 Å². The Hall–Kier alpha value is -1.35. The third kappa shape index (κ3) is 2.61. The lowest BCUT2D eigenvalue weighted by atomic mass is 9.83. The molecular weight excluding hydrogens is 198 g/mol. The second-order valence-electron chi connectivity index (χ2n) is 4.46. The Kier molecular flexibility index (Phi) is 3.57. The van der Waals surface area contributed by atoms with Gasteiger partial charge in [0.1, 0.15) is 0 Å². The van der Waals surface area contributed by atoms with E-state index in [-0.39, 0.29) is 6.04 Å². The van der Waals surface area contributed by atoms with E-state index < -0.39 is 0 Å². The summed E-state index contributed by atoms with van der Waals surface area (Å²) in [4.78, 5) is 4.02. The summed E-state index contributed by atoms with van der Waals surface area (Å²) < 4.78 is 2.08. The van der Waals surface area contributed by atoms with Crippen LogP contribution in [0.1, 0.15) is 13.3 Å². The lowest BCUT2D eigenvalue weighted by Gasteiger charge is -2.26. The summed E-state index contributed by atoms with van der Waals surface area (Å²) in [6.45, 7) is 3.17. The number of allylic oxidation sites excluding steroid dienone is 3. The molecular formula is C13H19N3. The summed E-state index contributed by atoms with van der Waals surface area (Å²) in [6, 6.07) is 0.221. The minimum atomic E-state index is 0.221. The van der Waals surface area contributed by atoms with Gasteiger partial charge in [0.25, 0.3) is 0 Å². The van der Waals surface area contributed by atoms with Crippen LogP contribution in [0.25, 0.3) is 0 Å². The van der Waals surface area contributed by atoms with E-state index in [4.69, 9.17) is 5.73 Å². The molecule has 0 amide bonds. The van der Waals surface area contributed by atoms with E-state index in [2.05, 4.69) is 40.8 Å². The molecule has 2 N–H and O–H groups in total. The van der Waals surface area contributed by atoms with Gasteiger partial charge in [-0.3, -0.25) is 0 Å². The first-order valence-electron chi connectivity index (χ1n) is 5.83. The first kappa shape index (κ1) is 11.1. The fourth-order valence-corrected chi connectivity index (χ4v) is 2.18. The summed E-state index contributed by atoms with van der Waals surface area (Å²) in [5.74, 6) is 1.01. The Morgan fingerprint density at radius 1 is 1.38 bits per heavy atom. The molecule has 0 saturated carbocycles. The molecule has 3 nitrogen and oxygen atoms in total. The molecule has 1 aromatic rings. The standard InChI is InChI=1S/C13H19N3/c1-11-4-2-3-5-12(11)13(14)6-8-16-9-7-15-10-16/h2-5,7,9-13H,6,8,14H2,1H3. The van der Waals surface area contributed by atoms with Gasteiger partial charge in [-0.25, -0.2) is 4.98 Å². The van der Waals surface area contributed by atoms with Crippen LogP contribution in [0, 0.1) is 11.8 Å². The number of hydrogen-bond donors (Lipinski definition) is 1. The van der Waals surface area contributed by atoms with Crippen LogP contribution in [0.2, 0.25) is 0 Å². The first-order valence-corrected chi connectivity index (χ1v) is 5.83. The molecule has 0 spiro atoms. The molecule has 0 fully saturated rings. The minimum absolute atomic E-state index is 0.221. The molecule has 86 valence electrons. The van der Waals surface area contributed by atoms with Gasteiger partial charge in [0.2, 0.25) is 0 Å². The van der Waals surface area contributed by atoms with E-state index in [1.807, 2.05) is 12.5 Å². The number of nitrogens with zero attached hydrogens (tertiary/aromatic N) is 2. The number of rotatable bonds is 4. The average molecular weight is 217 g/mol. The van der Waals surface area contributed by atoms with Crippen LogP contribution < -0.4 is 5.73 Å². The molecule has 2 rings (SSSR count). The van der Waals surface area contributed by atoms with Crippen LogP contribution >= 0.6 is 0 Å². The SMILES string of the molecule is CC1C=CC=CC1C(N)CCn1ccnc1. The summed E-state index contributed by atoms with van der Waals surface area (Å²) in [6.07, 6.45) is 15.3. The Morgan fingerprint density at radius 3 is 2.88 bits per heavy atom. The maximum absolute atomic E-state index is 6.24. The third-order valence-corrected chi connectivity index (χ3v) is 3.24. The second kappa shape index (κ2) is 5.12. The topological polar surface area (TPSA) is 43.8 Å². The van der Waals surface area contributed by atoms with Gasteiger partial charge in [-0.1, -0.05) is 31.2 Å². The Labute approximate surface area is 96.7 Å². The normalized spacial score (nSPS) is 25.9. The predicted octanol–water partition coefficient (Wildman–Crippen LogP) is 1.98. The molecule has 0 bridgehead atoms. The van der Waals surface area contributed by atoms with Crippen molar-refractivity contribution < 1.29 is 0 Å². The lowest BCUT2D eigenvalue weighted by Crippen LogP contribution is -2.34. The summed E-state index contributed by atoms with van der Waals surface area (Å²) >= 11 is 0. The fraction of sp³-hybridized carbons (Fsp3) is 0.462. The van der Waals surface area contributed by atoms with Gasteiger partial charge >= 0.3 is 0 Å². The van der Waals surface area contributed by atoms with Gasteiger partial charge in [-0.2, -0.15) is 0 Å². The van der Waals surface area contributed by atoms with Gasteiger partial charge in [0.05, 0.1) is 6.33 Å². The van der Waals surface area contributed by atoms with Gasteiger partial charge in [0, 0.05) is 25.0 Å². The minimum Gasteiger partial charge on any atom is -0.337 e. The first-order chi connectivity index (χ1) is 7.77. The number of imidazole rings is 1. The smallest absolute Gasteiger partial charge is 0.0945 e. The van der Waals surface area contributed by atoms with Crippen LogP contribution in [-0.2, 0) is 6.54 Å². The van der Waals surface area contributed by atoms with Crippen molar-refractivity contribution in [3.63, 3.8) is 0 Å². The van der Waals surface area contributed by atoms with E-state index >= 15 is 0 Å². The highest BCUT2D eigenvalue weighted by atomic mass is 15.0. The summed E-state index contributed by atoms with van der Waals surface area (Å²) in [5.41, 5.74) is 6.24. The van der Waals surface area contributed by atoms with Crippen LogP contribution in [0.4, 0.5) is 0 Å². The maximum atomic E-state index is 6.24. The number of aromatic nitrogens is 2. The molecule has 1 aliphatic rings. The maximum Gasteiger partial charge on any atom is 0.0945 e. The molecule has 3 unspecified atom stereocenters. The van der Waals surface area contributed by atoms with Crippen molar-refractivity contribution in [2.45, 2.75) is 25.9 Å². The zero-order valence-corrected chi connectivity index (χ0v) is 9.66. The molecule has 0 aromatic carbocycles. The highest BCUT2D eigenvalue weighted by Crippen LogP contribution is 2.23. The Morgan fingerprint density at radius 2 is 2.19 bits per heavy atom. The molecule has 0 aliphatic heterocycles. The zero-order valence-electron chi connectivity index (χ0n) is 9.66. The predicted molar refractivity (Wildman–Crippen MR) is 65.8 cm³/mol. The van der Waals surface area contributed by atoms with Crippen LogP contribution in [-0.4, -0.2) is 15.6 Å². The average Bonchev–Trinajstić information content (AvgIpc) is 2.79. The molecule has 0 radical (unpaired) electrons. The Balaban J connectivity index is 1.86. The molecule has 1 heterocycles. The van der Waals surface area contributed by atoms with E-state index in [1.165, 1.54) is 0 Å². The van der Waals surface area contributed by atoms with Crippen LogP contribution in [0.3, 0.4) is 0 Å². The van der Waals surface area contributed by atoms with Crippen molar-refractivity contribution in [3.05, 3.63) is 43.0 Å². The van der Waals surface area contributed by atoms with Gasteiger partial charge in [0.15, 0.2) is 0 Å². The molecule has 3 atom stereocenters. The van der Waals surface area contributed by atoms with Crippen molar-refractivity contribution in [1.29, 1.82) is 0 Å². The lowest BCUT2D eigenvalue weighted by molar-refractivity contribution is 0.379. The van der Waals surface area contributed by atoms with E-state index in [0.29, 0.717) is 11.8 Å². The second-order valence-corrected chi connectivity index (χ2v) is 4.46. The van der Waals surface area contributed by atoms with Crippen molar-refractivity contribution in [2.24, 2.45) is 17.6 Å².